The van der Waals surface area contributed by atoms with Crippen LogP contribution in [-0.2, 0) is 0 Å². The fourth-order valence-electron chi connectivity index (χ4n) is 6.47. The van der Waals surface area contributed by atoms with Gasteiger partial charge in [0.25, 0.3) is 0 Å². The highest BCUT2D eigenvalue weighted by Gasteiger charge is 2.15. The quantitative estimate of drug-likeness (QED) is 0.0652. The van der Waals surface area contributed by atoms with Gasteiger partial charge in [0.05, 0.1) is 67.6 Å². The van der Waals surface area contributed by atoms with Gasteiger partial charge in [-0.05, 0) is 61.1 Å². The van der Waals surface area contributed by atoms with E-state index in [-0.39, 0.29) is 0 Å². The molecule has 2 rings (SSSR count). The Morgan fingerprint density at radius 3 is 1.11 bits per heavy atom. The lowest BCUT2D eigenvalue weighted by Crippen LogP contribution is -2.41. The molecule has 0 aromatic heterocycles. The third-order valence-electron chi connectivity index (χ3n) is 9.59. The Morgan fingerprint density at radius 2 is 0.739 bits per heavy atom. The molecule has 2 aromatic rings. The van der Waals surface area contributed by atoms with Crippen LogP contribution < -0.4 is 9.47 Å². The smallest absolute Gasteiger partial charge is 0.119 e. The Bertz CT molecular complexity index is 937. The Kier molecular flexibility index (Phi) is 21.1. The van der Waals surface area contributed by atoms with E-state index in [1.807, 2.05) is 0 Å². The third-order valence-corrected chi connectivity index (χ3v) is 9.59. The lowest BCUT2D eigenvalue weighted by Gasteiger charge is -2.30. The molecule has 0 aliphatic carbocycles. The van der Waals surface area contributed by atoms with Crippen LogP contribution in [0.1, 0.15) is 129 Å². The van der Waals surface area contributed by atoms with Crippen molar-refractivity contribution in [3.05, 3.63) is 48.5 Å². The van der Waals surface area contributed by atoms with Gasteiger partial charge in [-0.1, -0.05) is 115 Å². The first-order chi connectivity index (χ1) is 22.2. The van der Waals surface area contributed by atoms with Crippen LogP contribution in [0.4, 0.5) is 0 Å². The molecular weight excluding hydrogens is 564 g/mol. The molecule has 0 spiro atoms. The molecule has 0 unspecified atom stereocenters. The monoisotopic (exact) mass is 639 g/mol. The van der Waals surface area contributed by atoms with Gasteiger partial charge in [0.15, 0.2) is 0 Å². The molecule has 4 heteroatoms. The van der Waals surface area contributed by atoms with E-state index in [0.29, 0.717) is 0 Å². The summed E-state index contributed by atoms with van der Waals surface area (Å²) in [7, 11) is 9.48. The van der Waals surface area contributed by atoms with Crippen molar-refractivity contribution in [2.45, 2.75) is 129 Å². The van der Waals surface area contributed by atoms with Crippen molar-refractivity contribution in [2.24, 2.45) is 0 Å². The summed E-state index contributed by atoms with van der Waals surface area (Å²) < 4.78 is 14.6. The second-order valence-corrected chi connectivity index (χ2v) is 15.2. The van der Waals surface area contributed by atoms with Crippen LogP contribution in [0.25, 0.3) is 11.1 Å². The predicted molar refractivity (Wildman–Crippen MR) is 201 cm³/mol. The summed E-state index contributed by atoms with van der Waals surface area (Å²) in [5, 5.41) is 0. The maximum absolute atomic E-state index is 6.21. The van der Waals surface area contributed by atoms with Gasteiger partial charge >= 0.3 is 0 Å². The number of quaternary nitrogens is 2. The summed E-state index contributed by atoms with van der Waals surface area (Å²) in [4.78, 5) is 0. The Balaban J connectivity index is 1.66. The van der Waals surface area contributed by atoms with Crippen molar-refractivity contribution < 1.29 is 18.4 Å². The number of rotatable bonds is 29. The van der Waals surface area contributed by atoms with Gasteiger partial charge in [-0.2, -0.15) is 0 Å². The van der Waals surface area contributed by atoms with E-state index in [1.54, 1.807) is 0 Å². The Morgan fingerprint density at radius 1 is 0.413 bits per heavy atom. The number of benzene rings is 2. The van der Waals surface area contributed by atoms with Crippen molar-refractivity contribution in [2.75, 3.05) is 67.6 Å². The molecule has 0 bridgehead atoms. The van der Waals surface area contributed by atoms with Gasteiger partial charge in [0.1, 0.15) is 11.5 Å². The van der Waals surface area contributed by atoms with Crippen LogP contribution in [-0.4, -0.2) is 76.5 Å². The highest BCUT2D eigenvalue weighted by Crippen LogP contribution is 2.27. The zero-order valence-electron chi connectivity index (χ0n) is 31.3. The fourth-order valence-corrected chi connectivity index (χ4v) is 6.47. The van der Waals surface area contributed by atoms with Crippen LogP contribution in [0, 0.1) is 0 Å². The van der Waals surface area contributed by atoms with Crippen molar-refractivity contribution in [3.63, 3.8) is 0 Å². The van der Waals surface area contributed by atoms with Crippen molar-refractivity contribution in [3.8, 4) is 22.6 Å². The Labute approximate surface area is 286 Å². The first kappa shape index (κ1) is 40.1. The molecule has 0 amide bonds. The summed E-state index contributed by atoms with van der Waals surface area (Å²) in [6, 6.07) is 17.0. The molecule has 262 valence electrons. The summed E-state index contributed by atoms with van der Waals surface area (Å²) >= 11 is 0. The zero-order valence-corrected chi connectivity index (χ0v) is 31.3. The Hall–Kier alpha value is -2.04. The third kappa shape index (κ3) is 19.6. The van der Waals surface area contributed by atoms with Crippen LogP contribution in [0.2, 0.25) is 0 Å². The summed E-state index contributed by atoms with van der Waals surface area (Å²) in [6.07, 6.45) is 24.3. The molecule has 46 heavy (non-hydrogen) atoms. The van der Waals surface area contributed by atoms with E-state index >= 15 is 0 Å². The van der Waals surface area contributed by atoms with Gasteiger partial charge < -0.3 is 18.4 Å². The maximum Gasteiger partial charge on any atom is 0.119 e. The SMILES string of the molecule is CCCCCCCCCC[N+](C)(C)CCCOc1cccc(-c2cccc(OCCC[N+](C)(C)CCCCCCCCCC)c2)c1. The number of hydrogen-bond acceptors (Lipinski definition) is 2. The second kappa shape index (κ2) is 24.2. The maximum atomic E-state index is 6.21. The van der Waals surface area contributed by atoms with Gasteiger partial charge in [-0.15, -0.1) is 0 Å². The molecule has 0 saturated heterocycles. The summed E-state index contributed by atoms with van der Waals surface area (Å²) in [6.45, 7) is 10.9. The lowest BCUT2D eigenvalue weighted by molar-refractivity contribution is -0.890. The summed E-state index contributed by atoms with van der Waals surface area (Å²) in [5.74, 6) is 1.90. The average molecular weight is 639 g/mol. The topological polar surface area (TPSA) is 18.5 Å². The van der Waals surface area contributed by atoms with E-state index in [0.717, 1.165) is 59.6 Å². The predicted octanol–water partition coefficient (Wildman–Crippen LogP) is 11.3. The molecule has 0 radical (unpaired) electrons. The largest absolute Gasteiger partial charge is 0.493 e. The number of hydrogen-bond donors (Lipinski definition) is 0. The lowest BCUT2D eigenvalue weighted by atomic mass is 10.1. The minimum atomic E-state index is 0.764. The van der Waals surface area contributed by atoms with Crippen LogP contribution in [0.3, 0.4) is 0 Å². The van der Waals surface area contributed by atoms with Crippen molar-refractivity contribution >= 4 is 0 Å². The first-order valence-electron chi connectivity index (χ1n) is 19.3. The molecule has 0 heterocycles. The molecule has 4 nitrogen and oxygen atoms in total. The van der Waals surface area contributed by atoms with E-state index in [9.17, 15) is 0 Å². The van der Waals surface area contributed by atoms with Crippen molar-refractivity contribution in [1.82, 2.24) is 0 Å². The average Bonchev–Trinajstić information content (AvgIpc) is 3.04. The molecule has 2 aromatic carbocycles. The first-order valence-corrected chi connectivity index (χ1v) is 19.3. The molecule has 0 aliphatic rings. The molecular formula is C42H74N2O2+2. The molecule has 0 N–H and O–H groups in total. The van der Waals surface area contributed by atoms with Gasteiger partial charge in [-0.3, -0.25) is 0 Å². The van der Waals surface area contributed by atoms with Gasteiger partial charge in [0, 0.05) is 12.8 Å². The number of nitrogens with zero attached hydrogens (tertiary/aromatic N) is 2. The minimum Gasteiger partial charge on any atom is -0.493 e. The van der Waals surface area contributed by atoms with E-state index in [2.05, 4.69) is 90.6 Å². The van der Waals surface area contributed by atoms with Crippen LogP contribution in [0.5, 0.6) is 11.5 Å². The fraction of sp³-hybridized carbons (Fsp3) is 0.714. The van der Waals surface area contributed by atoms with Gasteiger partial charge in [0.2, 0.25) is 0 Å². The molecule has 0 fully saturated rings. The normalized spacial score (nSPS) is 12.0. The number of ether oxygens (including phenoxy) is 2. The second-order valence-electron chi connectivity index (χ2n) is 15.2. The highest BCUT2D eigenvalue weighted by atomic mass is 16.5. The molecule has 0 atom stereocenters. The summed E-state index contributed by atoms with van der Waals surface area (Å²) in [5.41, 5.74) is 2.36. The highest BCUT2D eigenvalue weighted by molar-refractivity contribution is 5.66. The minimum absolute atomic E-state index is 0.764. The van der Waals surface area contributed by atoms with E-state index < -0.39 is 0 Å². The molecule has 0 saturated carbocycles. The van der Waals surface area contributed by atoms with Crippen LogP contribution >= 0.6 is 0 Å². The zero-order chi connectivity index (χ0) is 33.4. The van der Waals surface area contributed by atoms with E-state index in [4.69, 9.17) is 9.47 Å². The van der Waals surface area contributed by atoms with Crippen LogP contribution in [0.15, 0.2) is 48.5 Å². The van der Waals surface area contributed by atoms with Crippen molar-refractivity contribution in [1.29, 1.82) is 0 Å². The van der Waals surface area contributed by atoms with E-state index in [1.165, 1.54) is 127 Å². The molecule has 0 aliphatic heterocycles. The number of unbranched alkanes of at least 4 members (excludes halogenated alkanes) is 14. The van der Waals surface area contributed by atoms with Gasteiger partial charge in [-0.25, -0.2) is 0 Å². The standard InChI is InChI=1S/C42H74N2O2/c1-7-9-11-13-15-17-19-21-31-43(3,4)33-25-35-45-41-29-23-27-39(37-41)40-28-24-30-42(38-40)46-36-26-34-44(5,6)32-22-20-18-16-14-12-10-8-2/h23-24,27-30,37-38H,7-22,25-26,31-36H2,1-6H3/q+2.